The zero-order valence-corrected chi connectivity index (χ0v) is 10.4. The van der Waals surface area contributed by atoms with Crippen molar-refractivity contribution in [3.63, 3.8) is 0 Å². The summed E-state index contributed by atoms with van der Waals surface area (Å²) in [5.41, 5.74) is 3.16. The first kappa shape index (κ1) is 10.2. The summed E-state index contributed by atoms with van der Waals surface area (Å²) >= 11 is 0. The fraction of sp³-hybridized carbons (Fsp3) is 0.571. The maximum atomic E-state index is 2.62. The fourth-order valence-electron chi connectivity index (χ4n) is 3.44. The highest BCUT2D eigenvalue weighted by Gasteiger charge is 2.50. The van der Waals surface area contributed by atoms with Crippen LogP contribution in [0, 0.1) is 6.92 Å². The first-order chi connectivity index (χ1) is 7.62. The average molecular weight is 216 g/mol. The lowest BCUT2D eigenvalue weighted by molar-refractivity contribution is 0.278. The molecule has 0 radical (unpaired) electrons. The van der Waals surface area contributed by atoms with Gasteiger partial charge in [0.1, 0.15) is 0 Å². The molecule has 0 amide bonds. The normalized spacial score (nSPS) is 37.1. The van der Waals surface area contributed by atoms with Gasteiger partial charge in [-0.3, -0.25) is 4.90 Å². The van der Waals surface area contributed by atoms with E-state index in [9.17, 15) is 0 Å². The predicted molar refractivity (Wildman–Crippen MR) is 67.7 cm³/mol. The summed E-state index contributed by atoms with van der Waals surface area (Å²) in [5.74, 6) is 0. The van der Waals surface area contributed by atoms with E-state index in [4.69, 9.17) is 0 Å². The maximum Gasteiger partial charge on any atom is 0.0799 e. The molecule has 2 heteroatoms. The zero-order valence-electron chi connectivity index (χ0n) is 10.4. The van der Waals surface area contributed by atoms with Gasteiger partial charge in [-0.2, -0.15) is 0 Å². The van der Waals surface area contributed by atoms with Gasteiger partial charge in [-0.1, -0.05) is 18.2 Å². The van der Waals surface area contributed by atoms with Crippen molar-refractivity contribution in [2.75, 3.05) is 18.0 Å². The molecule has 16 heavy (non-hydrogen) atoms. The number of rotatable bonds is 1. The van der Waals surface area contributed by atoms with Crippen LogP contribution in [0.2, 0.25) is 0 Å². The first-order valence-electron chi connectivity index (χ1n) is 6.21. The summed E-state index contributed by atoms with van der Waals surface area (Å²) in [4.78, 5) is 5.21. The smallest absolute Gasteiger partial charge is 0.0799 e. The Morgan fingerprint density at radius 3 is 2.69 bits per heavy atom. The summed E-state index contributed by atoms with van der Waals surface area (Å²) < 4.78 is 0. The molecule has 2 fully saturated rings. The van der Waals surface area contributed by atoms with Crippen LogP contribution in [0.25, 0.3) is 0 Å². The summed E-state index contributed by atoms with van der Waals surface area (Å²) in [6, 6.07) is 8.76. The Balaban J connectivity index is 2.05. The highest BCUT2D eigenvalue weighted by molar-refractivity contribution is 5.57. The molecule has 3 atom stereocenters. The lowest BCUT2D eigenvalue weighted by atomic mass is 9.97. The second kappa shape index (κ2) is 3.24. The molecule has 1 aromatic carbocycles. The molecule has 0 spiro atoms. The third kappa shape index (κ3) is 1.23. The monoisotopic (exact) mass is 216 g/mol. The van der Waals surface area contributed by atoms with Gasteiger partial charge < -0.3 is 4.90 Å². The Morgan fingerprint density at radius 1 is 1.31 bits per heavy atom. The summed E-state index contributed by atoms with van der Waals surface area (Å²) in [7, 11) is 0. The second-order valence-electron chi connectivity index (χ2n) is 5.51. The van der Waals surface area contributed by atoms with Crippen LogP contribution in [0.15, 0.2) is 24.3 Å². The van der Waals surface area contributed by atoms with E-state index in [1.807, 2.05) is 0 Å². The van der Waals surface area contributed by atoms with Crippen LogP contribution in [0.5, 0.6) is 0 Å². The van der Waals surface area contributed by atoms with Gasteiger partial charge >= 0.3 is 0 Å². The van der Waals surface area contributed by atoms with Crippen molar-refractivity contribution in [3.8, 4) is 0 Å². The number of aryl methyl sites for hydroxylation is 1. The van der Waals surface area contributed by atoms with E-state index in [1.54, 1.807) is 0 Å². The molecule has 2 aliphatic rings. The van der Waals surface area contributed by atoms with Gasteiger partial charge in [0.25, 0.3) is 0 Å². The Bertz CT molecular complexity index is 415. The Kier molecular flexibility index (Phi) is 2.05. The zero-order chi connectivity index (χ0) is 11.3. The van der Waals surface area contributed by atoms with Gasteiger partial charge in [-0.15, -0.1) is 0 Å². The van der Waals surface area contributed by atoms with Crippen molar-refractivity contribution in [2.45, 2.75) is 38.9 Å². The van der Waals surface area contributed by atoms with E-state index < -0.39 is 0 Å². The van der Waals surface area contributed by atoms with Crippen LogP contribution in [0.1, 0.15) is 25.8 Å². The number of benzene rings is 1. The van der Waals surface area contributed by atoms with Crippen LogP contribution < -0.4 is 4.90 Å². The van der Waals surface area contributed by atoms with Gasteiger partial charge in [-0.25, -0.2) is 0 Å². The number of hydrogen-bond donors (Lipinski definition) is 0. The molecule has 0 N–H and O–H groups in total. The van der Waals surface area contributed by atoms with Crippen molar-refractivity contribution in [2.24, 2.45) is 0 Å². The molecule has 0 aliphatic carbocycles. The molecular weight excluding hydrogens is 196 g/mol. The van der Waals surface area contributed by atoms with Crippen LogP contribution >= 0.6 is 0 Å². The Hall–Kier alpha value is -1.02. The topological polar surface area (TPSA) is 6.48 Å². The summed E-state index contributed by atoms with van der Waals surface area (Å²) in [5, 5.41) is 0. The molecule has 86 valence electrons. The van der Waals surface area contributed by atoms with Crippen LogP contribution in [-0.2, 0) is 0 Å². The average Bonchev–Trinajstić information content (AvgIpc) is 2.74. The van der Waals surface area contributed by atoms with Gasteiger partial charge in [0.2, 0.25) is 0 Å². The molecule has 2 bridgehead atoms. The molecule has 2 saturated heterocycles. The molecule has 0 aromatic heterocycles. The minimum absolute atomic E-state index is 0.353. The van der Waals surface area contributed by atoms with Crippen LogP contribution in [0.4, 0.5) is 5.69 Å². The first-order valence-corrected chi connectivity index (χ1v) is 6.21. The van der Waals surface area contributed by atoms with Crippen LogP contribution in [-0.4, -0.2) is 29.7 Å². The lowest BCUT2D eigenvalue weighted by Crippen LogP contribution is -2.50. The number of nitrogens with zero attached hydrogens (tertiary/aromatic N) is 2. The van der Waals surface area contributed by atoms with Crippen molar-refractivity contribution in [1.82, 2.24) is 4.90 Å². The van der Waals surface area contributed by atoms with Gasteiger partial charge in [0, 0.05) is 18.8 Å². The molecule has 2 heterocycles. The van der Waals surface area contributed by atoms with Crippen molar-refractivity contribution < 1.29 is 0 Å². The highest BCUT2D eigenvalue weighted by Crippen LogP contribution is 2.42. The maximum absolute atomic E-state index is 2.62. The fourth-order valence-corrected chi connectivity index (χ4v) is 3.44. The number of para-hydroxylation sites is 1. The standard InChI is InChI=1S/C14H20N2/c1-11-6-4-5-7-13(11)16-12(2)15-9-8-14(16,3)10-15/h4-7,12H,8-10H2,1-3H3. The van der Waals surface area contributed by atoms with Crippen molar-refractivity contribution >= 4 is 5.69 Å². The number of fused-ring (bicyclic) bond motifs is 2. The van der Waals surface area contributed by atoms with E-state index >= 15 is 0 Å². The molecule has 1 aromatic rings. The minimum atomic E-state index is 0.353. The van der Waals surface area contributed by atoms with E-state index in [0.29, 0.717) is 11.7 Å². The molecule has 3 rings (SSSR count). The van der Waals surface area contributed by atoms with E-state index in [1.165, 1.54) is 30.8 Å². The van der Waals surface area contributed by atoms with Gasteiger partial charge in [-0.05, 0) is 38.8 Å². The SMILES string of the molecule is Cc1ccccc1N1C(C)N2CCC1(C)C2. The summed E-state index contributed by atoms with van der Waals surface area (Å²) in [6.45, 7) is 9.44. The van der Waals surface area contributed by atoms with Gasteiger partial charge in [0.15, 0.2) is 0 Å². The predicted octanol–water partition coefficient (Wildman–Crippen LogP) is 2.63. The highest BCUT2D eigenvalue weighted by atomic mass is 15.5. The molecule has 2 aliphatic heterocycles. The summed E-state index contributed by atoms with van der Waals surface area (Å²) in [6.07, 6.45) is 1.85. The Labute approximate surface area is 97.9 Å². The lowest BCUT2D eigenvalue weighted by Gasteiger charge is -2.42. The van der Waals surface area contributed by atoms with E-state index in [0.717, 1.165) is 0 Å². The Morgan fingerprint density at radius 2 is 2.06 bits per heavy atom. The molecule has 0 saturated carbocycles. The number of anilines is 1. The molecule has 3 unspecified atom stereocenters. The van der Waals surface area contributed by atoms with Crippen molar-refractivity contribution in [3.05, 3.63) is 29.8 Å². The largest absolute Gasteiger partial charge is 0.349 e. The van der Waals surface area contributed by atoms with Gasteiger partial charge in [0.05, 0.1) is 11.7 Å². The third-order valence-corrected chi connectivity index (χ3v) is 4.34. The quantitative estimate of drug-likeness (QED) is 0.712. The molecular formula is C14H20N2. The number of hydrogen-bond acceptors (Lipinski definition) is 2. The van der Waals surface area contributed by atoms with E-state index in [-0.39, 0.29) is 0 Å². The van der Waals surface area contributed by atoms with Crippen LogP contribution in [0.3, 0.4) is 0 Å². The van der Waals surface area contributed by atoms with Crippen molar-refractivity contribution in [1.29, 1.82) is 0 Å². The van der Waals surface area contributed by atoms with E-state index in [2.05, 4.69) is 54.8 Å². The minimum Gasteiger partial charge on any atom is -0.349 e. The second-order valence-corrected chi connectivity index (χ2v) is 5.51. The molecule has 2 nitrogen and oxygen atoms in total. The third-order valence-electron chi connectivity index (χ3n) is 4.34.